The molecule has 0 saturated heterocycles. The van der Waals surface area contributed by atoms with Crippen molar-refractivity contribution >= 4 is 11.0 Å². The highest BCUT2D eigenvalue weighted by Crippen LogP contribution is 2.26. The van der Waals surface area contributed by atoms with Crippen LogP contribution in [0.3, 0.4) is 0 Å². The number of halogens is 1. The Bertz CT molecular complexity index is 466. The van der Waals surface area contributed by atoms with Gasteiger partial charge >= 0.3 is 0 Å². The number of benzene rings is 1. The minimum absolute atomic E-state index is 0.151. The maximum Gasteiger partial charge on any atom is 0.182 e. The Kier molecular flexibility index (Phi) is 2.09. The van der Waals surface area contributed by atoms with Crippen molar-refractivity contribution in [1.82, 2.24) is 9.97 Å². The Morgan fingerprint density at radius 1 is 1.57 bits per heavy atom. The Balaban J connectivity index is 2.73. The highest BCUT2D eigenvalue weighted by atomic mass is 19.1. The van der Waals surface area contributed by atoms with Crippen molar-refractivity contribution in [3.8, 4) is 5.75 Å². The number of nitrogens with two attached hydrogens (primary N) is 1. The largest absolute Gasteiger partial charge is 0.491 e. The number of imidazole rings is 1. The van der Waals surface area contributed by atoms with E-state index >= 15 is 0 Å². The number of ether oxygens (including phenoxy) is 1. The lowest BCUT2D eigenvalue weighted by molar-refractivity contribution is 0.391. The predicted octanol–water partition coefficient (Wildman–Crippen LogP) is 1.17. The summed E-state index contributed by atoms with van der Waals surface area (Å²) in [6.45, 7) is 0.291. The normalized spacial score (nSPS) is 10.8. The van der Waals surface area contributed by atoms with Crippen LogP contribution in [0.4, 0.5) is 4.39 Å². The molecule has 1 aromatic carbocycles. The fraction of sp³-hybridized carbons (Fsp3) is 0.222. The summed E-state index contributed by atoms with van der Waals surface area (Å²) in [6, 6.07) is 2.94. The quantitative estimate of drug-likeness (QED) is 0.756. The van der Waals surface area contributed by atoms with Gasteiger partial charge in [-0.2, -0.15) is 0 Å². The van der Waals surface area contributed by atoms with Crippen LogP contribution in [0.15, 0.2) is 12.1 Å². The van der Waals surface area contributed by atoms with Gasteiger partial charge < -0.3 is 15.5 Å². The summed E-state index contributed by atoms with van der Waals surface area (Å²) in [4.78, 5) is 7.08. The minimum atomic E-state index is -0.421. The maximum absolute atomic E-state index is 13.2. The first kappa shape index (κ1) is 8.96. The van der Waals surface area contributed by atoms with E-state index in [9.17, 15) is 4.39 Å². The molecular formula is C9H10FN3O. The molecule has 0 aliphatic rings. The number of hydrogen-bond acceptors (Lipinski definition) is 3. The van der Waals surface area contributed by atoms with Crippen LogP contribution in [-0.4, -0.2) is 17.1 Å². The molecule has 0 atom stereocenters. The zero-order valence-corrected chi connectivity index (χ0v) is 7.67. The SMILES string of the molecule is COc1c(F)ccc2[nH]c(CN)nc12. The average Bonchev–Trinajstić information content (AvgIpc) is 2.60. The molecule has 0 saturated carbocycles. The number of hydrogen-bond donors (Lipinski definition) is 2. The van der Waals surface area contributed by atoms with Crippen molar-refractivity contribution in [3.63, 3.8) is 0 Å². The standard InChI is InChI=1S/C9H10FN3O/c1-14-9-5(10)2-3-6-8(9)13-7(4-11)12-6/h2-3H,4,11H2,1H3,(H,12,13). The molecule has 3 N–H and O–H groups in total. The van der Waals surface area contributed by atoms with E-state index in [2.05, 4.69) is 9.97 Å². The van der Waals surface area contributed by atoms with Gasteiger partial charge in [-0.15, -0.1) is 0 Å². The van der Waals surface area contributed by atoms with Gasteiger partial charge in [-0.25, -0.2) is 9.37 Å². The Labute approximate surface area is 79.9 Å². The van der Waals surface area contributed by atoms with Crippen LogP contribution in [0.25, 0.3) is 11.0 Å². The molecule has 0 spiro atoms. The Morgan fingerprint density at radius 2 is 2.36 bits per heavy atom. The van der Waals surface area contributed by atoms with Crippen molar-refractivity contribution in [3.05, 3.63) is 23.8 Å². The highest BCUT2D eigenvalue weighted by Gasteiger charge is 2.11. The highest BCUT2D eigenvalue weighted by molar-refractivity contribution is 5.82. The number of rotatable bonds is 2. The molecule has 14 heavy (non-hydrogen) atoms. The summed E-state index contributed by atoms with van der Waals surface area (Å²) in [5.74, 6) is 0.345. The summed E-state index contributed by atoms with van der Waals surface area (Å²) in [6.07, 6.45) is 0. The fourth-order valence-corrected chi connectivity index (χ4v) is 1.37. The summed E-state index contributed by atoms with van der Waals surface area (Å²) < 4.78 is 18.1. The van der Waals surface area contributed by atoms with E-state index in [1.54, 1.807) is 6.07 Å². The zero-order chi connectivity index (χ0) is 10.1. The third kappa shape index (κ3) is 1.22. The second-order valence-corrected chi connectivity index (χ2v) is 2.86. The maximum atomic E-state index is 13.2. The topological polar surface area (TPSA) is 63.9 Å². The van der Waals surface area contributed by atoms with Gasteiger partial charge in [-0.1, -0.05) is 0 Å². The van der Waals surface area contributed by atoms with E-state index in [0.717, 1.165) is 5.52 Å². The average molecular weight is 195 g/mol. The van der Waals surface area contributed by atoms with Gasteiger partial charge in [0.15, 0.2) is 11.6 Å². The molecule has 2 rings (SSSR count). The van der Waals surface area contributed by atoms with Crippen molar-refractivity contribution in [2.75, 3.05) is 7.11 Å². The number of aromatic amines is 1. The first-order chi connectivity index (χ1) is 6.76. The molecule has 1 heterocycles. The molecule has 74 valence electrons. The van der Waals surface area contributed by atoms with E-state index in [-0.39, 0.29) is 5.75 Å². The van der Waals surface area contributed by atoms with Gasteiger partial charge in [0, 0.05) is 0 Å². The fourth-order valence-electron chi connectivity index (χ4n) is 1.37. The molecular weight excluding hydrogens is 185 g/mol. The van der Waals surface area contributed by atoms with Crippen LogP contribution in [0.5, 0.6) is 5.75 Å². The Hall–Kier alpha value is -1.62. The Morgan fingerprint density at radius 3 is 3.00 bits per heavy atom. The van der Waals surface area contributed by atoms with Crippen LogP contribution < -0.4 is 10.5 Å². The zero-order valence-electron chi connectivity index (χ0n) is 7.67. The van der Waals surface area contributed by atoms with Crippen LogP contribution in [0, 0.1) is 5.82 Å². The lowest BCUT2D eigenvalue weighted by atomic mass is 10.3. The molecule has 0 aliphatic heterocycles. The van der Waals surface area contributed by atoms with E-state index in [1.807, 2.05) is 0 Å². The van der Waals surface area contributed by atoms with E-state index < -0.39 is 5.82 Å². The molecule has 0 amide bonds. The molecule has 0 unspecified atom stereocenters. The summed E-state index contributed by atoms with van der Waals surface area (Å²) in [5.41, 5.74) is 6.62. The minimum Gasteiger partial charge on any atom is -0.491 e. The van der Waals surface area contributed by atoms with Gasteiger partial charge in [-0.3, -0.25) is 0 Å². The van der Waals surface area contributed by atoms with Gasteiger partial charge in [0.25, 0.3) is 0 Å². The number of aromatic nitrogens is 2. The van der Waals surface area contributed by atoms with Gasteiger partial charge in [0.05, 0.1) is 19.2 Å². The van der Waals surface area contributed by atoms with Crippen LogP contribution in [0.2, 0.25) is 0 Å². The third-order valence-electron chi connectivity index (χ3n) is 2.01. The summed E-state index contributed by atoms with van der Waals surface area (Å²) in [5, 5.41) is 0. The second-order valence-electron chi connectivity index (χ2n) is 2.86. The predicted molar refractivity (Wildman–Crippen MR) is 50.5 cm³/mol. The van der Waals surface area contributed by atoms with Crippen molar-refractivity contribution in [1.29, 1.82) is 0 Å². The molecule has 4 nitrogen and oxygen atoms in total. The molecule has 0 aliphatic carbocycles. The molecule has 0 bridgehead atoms. The van der Waals surface area contributed by atoms with Crippen molar-refractivity contribution in [2.45, 2.75) is 6.54 Å². The molecule has 1 aromatic heterocycles. The summed E-state index contributed by atoms with van der Waals surface area (Å²) in [7, 11) is 1.41. The number of nitrogens with zero attached hydrogens (tertiary/aromatic N) is 1. The third-order valence-corrected chi connectivity index (χ3v) is 2.01. The van der Waals surface area contributed by atoms with Crippen molar-refractivity contribution < 1.29 is 9.13 Å². The molecule has 0 fully saturated rings. The van der Waals surface area contributed by atoms with Gasteiger partial charge in [-0.05, 0) is 12.1 Å². The van der Waals surface area contributed by atoms with Gasteiger partial charge in [0.1, 0.15) is 11.3 Å². The number of methoxy groups -OCH3 is 1. The second kappa shape index (κ2) is 3.26. The molecule has 5 heteroatoms. The first-order valence-corrected chi connectivity index (χ1v) is 4.17. The van der Waals surface area contributed by atoms with E-state index in [0.29, 0.717) is 17.9 Å². The van der Waals surface area contributed by atoms with Crippen LogP contribution in [-0.2, 0) is 6.54 Å². The van der Waals surface area contributed by atoms with Crippen LogP contribution >= 0.6 is 0 Å². The van der Waals surface area contributed by atoms with Crippen molar-refractivity contribution in [2.24, 2.45) is 5.73 Å². The van der Waals surface area contributed by atoms with E-state index in [1.165, 1.54) is 13.2 Å². The number of nitrogens with one attached hydrogen (secondary N) is 1. The molecule has 2 aromatic rings. The smallest absolute Gasteiger partial charge is 0.182 e. The van der Waals surface area contributed by atoms with Crippen LogP contribution in [0.1, 0.15) is 5.82 Å². The number of fused-ring (bicyclic) bond motifs is 1. The van der Waals surface area contributed by atoms with Gasteiger partial charge in [0.2, 0.25) is 0 Å². The van der Waals surface area contributed by atoms with E-state index in [4.69, 9.17) is 10.5 Å². The lowest BCUT2D eigenvalue weighted by Gasteiger charge is -2.00. The summed E-state index contributed by atoms with van der Waals surface area (Å²) >= 11 is 0. The monoisotopic (exact) mass is 195 g/mol. The number of H-pyrrole nitrogens is 1. The lowest BCUT2D eigenvalue weighted by Crippen LogP contribution is -1.97. The first-order valence-electron chi connectivity index (χ1n) is 4.17. The molecule has 0 radical (unpaired) electrons.